The van der Waals surface area contributed by atoms with E-state index in [1.54, 1.807) is 6.21 Å². The fraction of sp³-hybridized carbons (Fsp3) is 0.280. The van der Waals surface area contributed by atoms with Gasteiger partial charge in [0.1, 0.15) is 0 Å². The highest BCUT2D eigenvalue weighted by Crippen LogP contribution is 2.36. The van der Waals surface area contributed by atoms with Crippen LogP contribution in [0.4, 0.5) is 23.1 Å². The molecule has 0 saturated carbocycles. The molecule has 0 spiro atoms. The minimum Gasteiger partial charge on any atom is -0.369 e. The second-order valence-electron chi connectivity index (χ2n) is 8.67. The van der Waals surface area contributed by atoms with Crippen molar-refractivity contribution in [3.05, 3.63) is 59.1 Å². The Labute approximate surface area is 203 Å². The van der Waals surface area contributed by atoms with Crippen LogP contribution < -0.4 is 15.1 Å². The van der Waals surface area contributed by atoms with Gasteiger partial charge in [0.15, 0.2) is 5.82 Å². The largest absolute Gasteiger partial charge is 0.369 e. The molecule has 1 fully saturated rings. The number of guanidine groups is 1. The average molecular weight is 473 g/mol. The maximum Gasteiger partial charge on any atom is 0.229 e. The second kappa shape index (κ2) is 8.70. The molecule has 3 aromatic rings. The zero-order chi connectivity index (χ0) is 23.1. The number of nitrogens with one attached hydrogen (secondary N) is 1. The van der Waals surface area contributed by atoms with Crippen LogP contribution in [0.5, 0.6) is 0 Å². The monoisotopic (exact) mass is 472 g/mol. The van der Waals surface area contributed by atoms with Gasteiger partial charge in [-0.15, -0.1) is 0 Å². The predicted molar refractivity (Wildman–Crippen MR) is 139 cm³/mol. The van der Waals surface area contributed by atoms with Gasteiger partial charge < -0.3 is 15.1 Å². The van der Waals surface area contributed by atoms with Crippen molar-refractivity contribution in [1.29, 1.82) is 0 Å². The molecule has 0 unspecified atom stereocenters. The fourth-order valence-corrected chi connectivity index (χ4v) is 4.74. The molecule has 0 aliphatic carbocycles. The number of piperazine rings is 1. The summed E-state index contributed by atoms with van der Waals surface area (Å²) < 4.78 is 0. The van der Waals surface area contributed by atoms with Crippen molar-refractivity contribution in [2.24, 2.45) is 9.98 Å². The van der Waals surface area contributed by atoms with Crippen molar-refractivity contribution in [2.45, 2.75) is 0 Å². The normalized spacial score (nSPS) is 17.4. The van der Waals surface area contributed by atoms with E-state index in [-0.39, 0.29) is 0 Å². The van der Waals surface area contributed by atoms with E-state index in [1.165, 1.54) is 5.69 Å². The molecule has 3 aliphatic rings. The smallest absolute Gasteiger partial charge is 0.229 e. The number of anilines is 4. The standard InChI is InChI=1S/C25H25ClN8/c1-32-12-14-33(15-13-32)18-8-6-17(7-9-18)29-24-30-22(19-4-2-3-5-21(19)26)20-16-28-25-27-10-11-34(25)23(20)31-24/h2-9,16H,10-15H2,1H3,(H,29,30,31). The van der Waals surface area contributed by atoms with E-state index in [0.29, 0.717) is 23.5 Å². The van der Waals surface area contributed by atoms with Gasteiger partial charge >= 0.3 is 0 Å². The van der Waals surface area contributed by atoms with Crippen LogP contribution in [-0.4, -0.2) is 73.4 Å². The van der Waals surface area contributed by atoms with Crippen LogP contribution in [-0.2, 0) is 0 Å². The van der Waals surface area contributed by atoms with E-state index < -0.39 is 0 Å². The van der Waals surface area contributed by atoms with E-state index in [0.717, 1.165) is 61.0 Å². The van der Waals surface area contributed by atoms with Crippen LogP contribution >= 0.6 is 11.6 Å². The number of hydrogen-bond acceptors (Lipinski definition) is 8. The Bertz CT molecular complexity index is 1280. The molecule has 6 rings (SSSR count). The zero-order valence-electron chi connectivity index (χ0n) is 18.9. The summed E-state index contributed by atoms with van der Waals surface area (Å²) in [4.78, 5) is 25.5. The van der Waals surface area contributed by atoms with Crippen molar-refractivity contribution < 1.29 is 0 Å². The number of aliphatic imine (C=N–C) groups is 2. The van der Waals surface area contributed by atoms with Gasteiger partial charge in [0, 0.05) is 60.9 Å². The van der Waals surface area contributed by atoms with Crippen molar-refractivity contribution >= 4 is 46.9 Å². The second-order valence-corrected chi connectivity index (χ2v) is 9.07. The summed E-state index contributed by atoms with van der Waals surface area (Å²) in [6, 6.07) is 16.2. The summed E-state index contributed by atoms with van der Waals surface area (Å²) in [5, 5.41) is 4.04. The number of fused-ring (bicyclic) bond motifs is 3. The third kappa shape index (κ3) is 3.89. The quantitative estimate of drug-likeness (QED) is 0.621. The lowest BCUT2D eigenvalue weighted by Crippen LogP contribution is -2.44. The molecule has 8 nitrogen and oxygen atoms in total. The summed E-state index contributed by atoms with van der Waals surface area (Å²) in [5.41, 5.74) is 4.62. The SMILES string of the molecule is CN1CCN(c2ccc(Nc3nc(-c4ccccc4Cl)c4c(n3)N3CCN=C3N=C4)cc2)CC1. The minimum absolute atomic E-state index is 0.516. The highest BCUT2D eigenvalue weighted by atomic mass is 35.5. The van der Waals surface area contributed by atoms with Crippen LogP contribution in [0.2, 0.25) is 5.02 Å². The highest BCUT2D eigenvalue weighted by molar-refractivity contribution is 6.33. The molecule has 9 heteroatoms. The Morgan fingerprint density at radius 3 is 2.50 bits per heavy atom. The first-order chi connectivity index (χ1) is 16.7. The van der Waals surface area contributed by atoms with Crippen molar-refractivity contribution in [3.63, 3.8) is 0 Å². The van der Waals surface area contributed by atoms with Gasteiger partial charge in [-0.1, -0.05) is 29.8 Å². The number of benzene rings is 2. The number of rotatable bonds is 4. The highest BCUT2D eigenvalue weighted by Gasteiger charge is 2.29. The lowest BCUT2D eigenvalue weighted by molar-refractivity contribution is 0.313. The summed E-state index contributed by atoms with van der Waals surface area (Å²) in [7, 11) is 2.17. The molecule has 0 atom stereocenters. The lowest BCUT2D eigenvalue weighted by atomic mass is 10.1. The Balaban J connectivity index is 1.34. The van der Waals surface area contributed by atoms with Crippen molar-refractivity contribution in [3.8, 4) is 11.3 Å². The van der Waals surface area contributed by atoms with Crippen molar-refractivity contribution in [1.82, 2.24) is 14.9 Å². The van der Waals surface area contributed by atoms with Gasteiger partial charge in [-0.25, -0.2) is 15.0 Å². The van der Waals surface area contributed by atoms with Crippen LogP contribution in [0, 0.1) is 0 Å². The van der Waals surface area contributed by atoms with Crippen molar-refractivity contribution in [2.75, 3.05) is 61.4 Å². The summed E-state index contributed by atoms with van der Waals surface area (Å²) in [5.74, 6) is 2.01. The number of nitrogens with zero attached hydrogens (tertiary/aromatic N) is 7. The number of halogens is 1. The Hall–Kier alpha value is -3.49. The summed E-state index contributed by atoms with van der Waals surface area (Å²) in [6.07, 6.45) is 1.79. The molecule has 0 bridgehead atoms. The minimum atomic E-state index is 0.516. The molecule has 172 valence electrons. The van der Waals surface area contributed by atoms with E-state index in [2.05, 4.69) is 56.4 Å². The van der Waals surface area contributed by atoms with Crippen LogP contribution in [0.25, 0.3) is 11.3 Å². The molecule has 0 radical (unpaired) electrons. The van der Waals surface area contributed by atoms with E-state index in [1.807, 2.05) is 29.2 Å². The average Bonchev–Trinajstić information content (AvgIpc) is 3.35. The molecule has 0 amide bonds. The topological polar surface area (TPSA) is 72.2 Å². The molecule has 4 heterocycles. The summed E-state index contributed by atoms with van der Waals surface area (Å²) in [6.45, 7) is 5.70. The molecular weight excluding hydrogens is 448 g/mol. The van der Waals surface area contributed by atoms with Gasteiger partial charge in [-0.05, 0) is 37.4 Å². The number of hydrogen-bond donors (Lipinski definition) is 1. The van der Waals surface area contributed by atoms with Gasteiger partial charge in [-0.3, -0.25) is 4.90 Å². The van der Waals surface area contributed by atoms with Gasteiger partial charge in [-0.2, -0.15) is 4.98 Å². The lowest BCUT2D eigenvalue weighted by Gasteiger charge is -2.34. The maximum atomic E-state index is 6.56. The first-order valence-corrected chi connectivity index (χ1v) is 11.9. The van der Waals surface area contributed by atoms with Crippen LogP contribution in [0.1, 0.15) is 5.56 Å². The molecule has 34 heavy (non-hydrogen) atoms. The molecular formula is C25H25ClN8. The molecule has 2 aromatic carbocycles. The van der Waals surface area contributed by atoms with Gasteiger partial charge in [0.2, 0.25) is 11.9 Å². The predicted octanol–water partition coefficient (Wildman–Crippen LogP) is 3.90. The third-order valence-electron chi connectivity index (χ3n) is 6.43. The van der Waals surface area contributed by atoms with E-state index in [4.69, 9.17) is 21.6 Å². The maximum absolute atomic E-state index is 6.56. The van der Waals surface area contributed by atoms with Crippen LogP contribution in [0.3, 0.4) is 0 Å². The zero-order valence-corrected chi connectivity index (χ0v) is 19.7. The number of aromatic nitrogens is 2. The first kappa shape index (κ1) is 21.1. The van der Waals surface area contributed by atoms with Gasteiger partial charge in [0.25, 0.3) is 0 Å². The molecule has 3 aliphatic heterocycles. The molecule has 1 aromatic heterocycles. The first-order valence-electron chi connectivity index (χ1n) is 11.5. The third-order valence-corrected chi connectivity index (χ3v) is 6.76. The fourth-order valence-electron chi connectivity index (χ4n) is 4.51. The van der Waals surface area contributed by atoms with Gasteiger partial charge in [0.05, 0.1) is 17.8 Å². The van der Waals surface area contributed by atoms with E-state index in [9.17, 15) is 0 Å². The molecule has 1 saturated heterocycles. The summed E-state index contributed by atoms with van der Waals surface area (Å²) >= 11 is 6.56. The van der Waals surface area contributed by atoms with E-state index >= 15 is 0 Å². The Morgan fingerprint density at radius 1 is 0.912 bits per heavy atom. The Kier molecular flexibility index (Phi) is 5.39. The Morgan fingerprint density at radius 2 is 1.71 bits per heavy atom. The van der Waals surface area contributed by atoms with Crippen LogP contribution in [0.15, 0.2) is 58.5 Å². The molecule has 1 N–H and O–H groups in total. The number of likely N-dealkylation sites (N-methyl/N-ethyl adjacent to an activating group) is 1.